The Morgan fingerprint density at radius 1 is 0.610 bits per heavy atom. The number of nitrogens with one attached hydrogen (secondary N) is 8. The van der Waals surface area contributed by atoms with Crippen LogP contribution in [0.15, 0.2) is 176 Å². The summed E-state index contributed by atoms with van der Waals surface area (Å²) in [5.74, 6) is -9.02. The van der Waals surface area contributed by atoms with Gasteiger partial charge in [0.15, 0.2) is 5.78 Å². The van der Waals surface area contributed by atoms with Crippen LogP contribution in [-0.2, 0) is 71.8 Å². The third-order valence-corrected chi connectivity index (χ3v) is 21.4. The van der Waals surface area contributed by atoms with Crippen molar-refractivity contribution in [2.24, 2.45) is 11.7 Å². The first-order valence-corrected chi connectivity index (χ1v) is 38.5. The van der Waals surface area contributed by atoms with Crippen molar-refractivity contribution >= 4 is 98.2 Å². The summed E-state index contributed by atoms with van der Waals surface area (Å²) < 4.78 is 10.0. The zero-order chi connectivity index (χ0) is 75.8. The number of aromatic hydroxyl groups is 1. The van der Waals surface area contributed by atoms with Crippen LogP contribution in [0.1, 0.15) is 120 Å². The maximum atomic E-state index is 15.5. The lowest BCUT2D eigenvalue weighted by atomic mass is 9.84. The Labute approximate surface area is 625 Å². The van der Waals surface area contributed by atoms with E-state index >= 15 is 24.0 Å². The summed E-state index contributed by atoms with van der Waals surface area (Å²) >= 11 is 1.34. The molecule has 0 aromatic heterocycles. The van der Waals surface area contributed by atoms with E-state index in [2.05, 4.69) is 42.5 Å². The number of aliphatic hydroxyl groups is 1. The molecule has 1 fully saturated rings. The molecule has 6 aromatic carbocycles. The molecule has 0 radical (unpaired) electrons. The Kier molecular flexibility index (Phi) is 29.6. The number of allylic oxidation sites excluding steroid dienone is 1. The number of hydrogen-bond donors (Lipinski definition) is 11. The maximum Gasteiger partial charge on any atom is 0.408 e. The minimum Gasteiger partial charge on any atom is -0.508 e. The normalized spacial score (nSPS) is 19.6. The van der Waals surface area contributed by atoms with E-state index in [1.54, 1.807) is 84.0 Å². The van der Waals surface area contributed by atoms with E-state index in [0.717, 1.165) is 49.4 Å². The van der Waals surface area contributed by atoms with Gasteiger partial charge in [0.2, 0.25) is 41.4 Å². The molecule has 1 saturated heterocycles. The Balaban J connectivity index is 1.19. The zero-order valence-electron chi connectivity index (χ0n) is 60.0. The second-order valence-corrected chi connectivity index (χ2v) is 31.7. The highest BCUT2D eigenvalue weighted by Crippen LogP contribution is 2.49. The molecule has 0 spiro atoms. The highest BCUT2D eigenvalue weighted by atomic mass is 33.1. The summed E-state index contributed by atoms with van der Waals surface area (Å²) in [7, 11) is 1.97. The molecule has 1 aliphatic heterocycles. The molecule has 558 valence electrons. The summed E-state index contributed by atoms with van der Waals surface area (Å²) in [5.41, 5.74) is 10.6. The second-order valence-electron chi connectivity index (χ2n) is 27.9. The molecular weight excluding hydrogens is 1400 g/mol. The molecule has 12 N–H and O–H groups in total. The zero-order valence-corrected chi connectivity index (χ0v) is 62.5. The van der Waals surface area contributed by atoms with Crippen molar-refractivity contribution in [1.82, 2.24) is 42.5 Å². The smallest absolute Gasteiger partial charge is 0.408 e. The lowest BCUT2D eigenvalue weighted by Gasteiger charge is -2.36. The van der Waals surface area contributed by atoms with Crippen LogP contribution in [0.2, 0.25) is 0 Å². The topological polar surface area (TPSA) is 352 Å². The molecule has 8 rings (SSSR count). The summed E-state index contributed by atoms with van der Waals surface area (Å²) in [6.45, 7) is 11.4. The van der Waals surface area contributed by atoms with Gasteiger partial charge in [0.1, 0.15) is 53.2 Å². The molecule has 0 bridgehead atoms. The molecule has 0 saturated carbocycles. The number of fused-ring (bicyclic) bond motifs is 1. The molecule has 9 atom stereocenters. The van der Waals surface area contributed by atoms with Crippen LogP contribution in [0.25, 0.3) is 5.57 Å². The van der Waals surface area contributed by atoms with E-state index in [9.17, 15) is 34.2 Å². The number of unbranched alkanes of at least 4 members (excludes halogenated alkanes) is 1. The Hall–Kier alpha value is -9.63. The van der Waals surface area contributed by atoms with Gasteiger partial charge >= 0.3 is 12.2 Å². The lowest BCUT2D eigenvalue weighted by Crippen LogP contribution is -2.62. The number of carbonyl (C=O) groups is 10. The van der Waals surface area contributed by atoms with Crippen molar-refractivity contribution < 1.29 is 67.6 Å². The largest absolute Gasteiger partial charge is 0.508 e. The highest BCUT2D eigenvalue weighted by Gasteiger charge is 2.41. The molecule has 9 amide bonds. The summed E-state index contributed by atoms with van der Waals surface area (Å²) in [6, 6.07) is 40.6. The SMILES string of the molecule is C[C@@H](O)[C@@H]1NC(=O)[C@H](CCCCNC(=O)OC(C)(C)C)NC(=O)[C@@H](CC2=CCc3ccccc32)NC(=O)[C@H](Cc2ccc(O)cc2)CC(=O)[C@@H](NC(=O)[C@@H](Cc2ccccc2)NC(=O)OC(C)(C)C)CSSC[C@@H](C(=O)N[C@@H](CSC(c2ccccc2)(c2ccccc2)c2ccccc2)C(N)=O)NC1=O. The molecule has 0 unspecified atom stereocenters. The third-order valence-electron chi connectivity index (χ3n) is 17.4. The Morgan fingerprint density at radius 2 is 1.16 bits per heavy atom. The molecule has 23 nitrogen and oxygen atoms in total. The molecule has 2 aliphatic rings. The van der Waals surface area contributed by atoms with Crippen molar-refractivity contribution in [3.8, 4) is 5.75 Å². The van der Waals surface area contributed by atoms with Gasteiger partial charge in [0, 0.05) is 49.0 Å². The number of ether oxygens (including phenoxy) is 2. The van der Waals surface area contributed by atoms with Gasteiger partial charge in [-0.25, -0.2) is 9.59 Å². The predicted octanol–water partition coefficient (Wildman–Crippen LogP) is 8.27. The Morgan fingerprint density at radius 3 is 1.75 bits per heavy atom. The van der Waals surface area contributed by atoms with E-state index in [1.807, 2.05) is 121 Å². The van der Waals surface area contributed by atoms with Gasteiger partial charge in [-0.15, -0.1) is 11.8 Å². The van der Waals surface area contributed by atoms with Crippen molar-refractivity contribution in [2.45, 2.75) is 164 Å². The average molecular weight is 1490 g/mol. The van der Waals surface area contributed by atoms with Crippen LogP contribution in [0, 0.1) is 5.92 Å². The fourth-order valence-electron chi connectivity index (χ4n) is 12.1. The third kappa shape index (κ3) is 24.5. The van der Waals surface area contributed by atoms with Gasteiger partial charge in [0.05, 0.1) is 16.9 Å². The van der Waals surface area contributed by atoms with E-state index in [1.165, 1.54) is 30.8 Å². The molecule has 26 heteroatoms. The van der Waals surface area contributed by atoms with Crippen LogP contribution in [0.4, 0.5) is 9.59 Å². The number of primary amides is 1. The number of nitrogens with two attached hydrogens (primary N) is 1. The summed E-state index contributed by atoms with van der Waals surface area (Å²) in [5, 5.41) is 43.9. The molecule has 105 heavy (non-hydrogen) atoms. The fraction of sp³-hybridized carbons (Fsp3) is 0.392. The quantitative estimate of drug-likeness (QED) is 0.0154. The van der Waals surface area contributed by atoms with Crippen molar-refractivity contribution in [3.05, 3.63) is 215 Å². The molecule has 1 heterocycles. The molecule has 6 aromatic rings. The number of aliphatic hydroxyl groups excluding tert-OH is 1. The highest BCUT2D eigenvalue weighted by molar-refractivity contribution is 8.76. The predicted molar refractivity (Wildman–Crippen MR) is 408 cm³/mol. The van der Waals surface area contributed by atoms with E-state index < -0.39 is 136 Å². The minimum atomic E-state index is -1.82. The van der Waals surface area contributed by atoms with Crippen molar-refractivity contribution in [3.63, 3.8) is 0 Å². The number of ketones is 1. The first-order chi connectivity index (χ1) is 50.0. The second kappa shape index (κ2) is 38.4. The lowest BCUT2D eigenvalue weighted by molar-refractivity contribution is -0.137. The maximum absolute atomic E-state index is 15.5. The number of phenolic OH excluding ortho intramolecular Hbond substituents is 1. The van der Waals surface area contributed by atoms with Gasteiger partial charge in [-0.05, 0) is 137 Å². The summed E-state index contributed by atoms with van der Waals surface area (Å²) in [6.07, 6.45) is -1.40. The number of hydrogen-bond acceptors (Lipinski definition) is 17. The molecule has 1 aliphatic carbocycles. The number of benzene rings is 6. The van der Waals surface area contributed by atoms with Gasteiger partial charge in [-0.2, -0.15) is 0 Å². The molecular formula is C79H95N9O14S3. The van der Waals surface area contributed by atoms with E-state index in [0.29, 0.717) is 23.1 Å². The number of phenols is 1. The van der Waals surface area contributed by atoms with Crippen LogP contribution < -0.4 is 48.3 Å². The number of rotatable bonds is 24. The number of Topliss-reactive ketones (excluding diaryl/α,β-unsaturated/α-hetero) is 1. The first-order valence-electron chi connectivity index (χ1n) is 35.0. The first kappa shape index (κ1) is 81.0. The monoisotopic (exact) mass is 1490 g/mol. The number of carbonyl (C=O) groups excluding carboxylic acids is 10. The minimum absolute atomic E-state index is 0.0575. The van der Waals surface area contributed by atoms with Crippen LogP contribution in [0.5, 0.6) is 5.75 Å². The average Bonchev–Trinajstić information content (AvgIpc) is 1.45. The van der Waals surface area contributed by atoms with Crippen LogP contribution >= 0.6 is 33.3 Å². The standard InChI is InChI=1S/C79H95N9O14S3/c1-49(89)67-74(98)86-65(73(97)85-64(68(80)92)46-103-79(55-27-14-9-15-28-55,56-29-16-10-17-30-56)57-31-18-11-19-32-57)48-105-104-47-63(84-71(95)61(43-50-24-12-8-13-25-50)87-76(100)102-78(5,6)7)66(91)45-54(42-51-35-39-58(90)40-36-51)69(93)83-62(44-53-38-37-52-26-20-21-33-59(52)53)72(96)82-60(70(94)88-67)34-22-23-41-81-75(99)101-77(2,3)4/h8-21,24-33,35-36,38-40,49,54,60-65,67,89-90H,22-23,34,37,41-48H2,1-7H3,(H2,80,92)(H,81,99)(H,82,96)(H,83,93)(H,84,95)(H,85,97)(H,86,98)(H,87,100)(H,88,94)/t49-,54-,60+,61-,62-,63+,64+,65+,67+/m1/s1. The summed E-state index contributed by atoms with van der Waals surface area (Å²) in [4.78, 5) is 146. The van der Waals surface area contributed by atoms with Crippen molar-refractivity contribution in [1.29, 1.82) is 0 Å². The number of alkyl carbamates (subject to hydrolysis) is 2. The van der Waals surface area contributed by atoms with Gasteiger partial charge in [-0.3, -0.25) is 38.4 Å². The fourth-order valence-corrected chi connectivity index (χ4v) is 16.1. The van der Waals surface area contributed by atoms with E-state index in [-0.39, 0.29) is 68.1 Å². The van der Waals surface area contributed by atoms with Crippen LogP contribution in [0.3, 0.4) is 0 Å². The van der Waals surface area contributed by atoms with Crippen molar-refractivity contribution in [2.75, 3.05) is 23.8 Å². The van der Waals surface area contributed by atoms with Gasteiger partial charge < -0.3 is 68.0 Å². The number of thioether (sulfide) groups is 1. The Bertz CT molecular complexity index is 3900. The number of amides is 9. The van der Waals surface area contributed by atoms with Gasteiger partial charge in [0.25, 0.3) is 0 Å². The van der Waals surface area contributed by atoms with E-state index in [4.69, 9.17) is 15.2 Å². The van der Waals surface area contributed by atoms with Crippen LogP contribution in [-0.4, -0.2) is 153 Å². The van der Waals surface area contributed by atoms with Gasteiger partial charge in [-0.1, -0.05) is 185 Å².